The topological polar surface area (TPSA) is 68.0 Å². The monoisotopic (exact) mass is 325 g/mol. The summed E-state index contributed by atoms with van der Waals surface area (Å²) < 4.78 is 5.04. The molecule has 0 aliphatic heterocycles. The Bertz CT molecular complexity index is 786. The van der Waals surface area contributed by atoms with Gasteiger partial charge in [0.2, 0.25) is 0 Å². The summed E-state index contributed by atoms with van der Waals surface area (Å²) in [5.41, 5.74) is 3.29. The van der Waals surface area contributed by atoms with E-state index in [9.17, 15) is 4.79 Å². The maximum absolute atomic E-state index is 12.3. The van der Waals surface area contributed by atoms with E-state index in [1.165, 1.54) is 11.8 Å². The molecule has 3 aromatic rings. The Morgan fingerprint density at radius 3 is 2.87 bits per heavy atom. The van der Waals surface area contributed by atoms with Gasteiger partial charge >= 0.3 is 0 Å². The molecule has 0 atom stereocenters. The first kappa shape index (κ1) is 15.3. The summed E-state index contributed by atoms with van der Waals surface area (Å²) in [4.78, 5) is 20.8. The predicted molar refractivity (Wildman–Crippen MR) is 89.1 cm³/mol. The number of nitrogens with zero attached hydrogens (tertiary/aromatic N) is 2. The standard InChI is InChI=1S/C17H15N3O2S/c1-23-17-14(3-2-7-18-17)16(21)20-10-12-4-5-15(19-9-12)13-6-8-22-11-13/h2-9,11H,10H2,1H3,(H,20,21). The second-order valence-corrected chi connectivity index (χ2v) is 5.60. The maximum Gasteiger partial charge on any atom is 0.254 e. The van der Waals surface area contributed by atoms with E-state index in [2.05, 4.69) is 15.3 Å². The minimum absolute atomic E-state index is 0.138. The zero-order valence-corrected chi connectivity index (χ0v) is 13.3. The van der Waals surface area contributed by atoms with Gasteiger partial charge in [-0.2, -0.15) is 0 Å². The van der Waals surface area contributed by atoms with Crippen LogP contribution in [-0.2, 0) is 6.54 Å². The number of pyridine rings is 2. The molecule has 116 valence electrons. The van der Waals surface area contributed by atoms with E-state index in [0.717, 1.165) is 21.8 Å². The molecule has 0 spiro atoms. The molecule has 3 rings (SSSR count). The van der Waals surface area contributed by atoms with E-state index in [4.69, 9.17) is 4.42 Å². The largest absolute Gasteiger partial charge is 0.472 e. The minimum Gasteiger partial charge on any atom is -0.472 e. The van der Waals surface area contributed by atoms with E-state index in [0.29, 0.717) is 12.1 Å². The zero-order valence-electron chi connectivity index (χ0n) is 12.5. The van der Waals surface area contributed by atoms with E-state index in [1.54, 1.807) is 37.1 Å². The highest BCUT2D eigenvalue weighted by Crippen LogP contribution is 2.18. The summed E-state index contributed by atoms with van der Waals surface area (Å²) in [6, 6.07) is 9.23. The number of nitrogens with one attached hydrogen (secondary N) is 1. The molecule has 5 nitrogen and oxygen atoms in total. The first-order chi connectivity index (χ1) is 11.3. The summed E-state index contributed by atoms with van der Waals surface area (Å²) in [7, 11) is 0. The Morgan fingerprint density at radius 1 is 1.26 bits per heavy atom. The van der Waals surface area contributed by atoms with Gasteiger partial charge in [-0.05, 0) is 36.1 Å². The molecule has 0 saturated heterocycles. The van der Waals surface area contributed by atoms with Crippen LogP contribution in [0.5, 0.6) is 0 Å². The lowest BCUT2D eigenvalue weighted by molar-refractivity contribution is 0.0947. The van der Waals surface area contributed by atoms with E-state index in [1.807, 2.05) is 24.5 Å². The maximum atomic E-state index is 12.3. The molecule has 0 saturated carbocycles. The highest BCUT2D eigenvalue weighted by Gasteiger charge is 2.11. The highest BCUT2D eigenvalue weighted by atomic mass is 32.2. The molecule has 0 bridgehead atoms. The number of thioether (sulfide) groups is 1. The van der Waals surface area contributed by atoms with Crippen LogP contribution in [0.1, 0.15) is 15.9 Å². The molecule has 0 aromatic carbocycles. The molecule has 1 amide bonds. The first-order valence-corrected chi connectivity index (χ1v) is 8.25. The number of rotatable bonds is 5. The molecule has 0 aliphatic rings. The fourth-order valence-corrected chi connectivity index (χ4v) is 2.66. The molecule has 0 radical (unpaired) electrons. The molecular weight excluding hydrogens is 310 g/mol. The summed E-state index contributed by atoms with van der Waals surface area (Å²) in [5, 5.41) is 3.61. The van der Waals surface area contributed by atoms with Crippen LogP contribution in [0.4, 0.5) is 0 Å². The predicted octanol–water partition coefficient (Wildman–Crippen LogP) is 3.39. The Hall–Kier alpha value is -2.60. The van der Waals surface area contributed by atoms with Crippen molar-refractivity contribution in [3.8, 4) is 11.3 Å². The zero-order chi connectivity index (χ0) is 16.1. The van der Waals surface area contributed by atoms with E-state index < -0.39 is 0 Å². The van der Waals surface area contributed by atoms with Crippen molar-refractivity contribution >= 4 is 17.7 Å². The van der Waals surface area contributed by atoms with Crippen LogP contribution in [0.2, 0.25) is 0 Å². The molecule has 23 heavy (non-hydrogen) atoms. The summed E-state index contributed by atoms with van der Waals surface area (Å²) in [5.74, 6) is -0.138. The Labute approximate surface area is 138 Å². The van der Waals surface area contributed by atoms with Crippen molar-refractivity contribution in [2.45, 2.75) is 11.6 Å². The summed E-state index contributed by atoms with van der Waals surface area (Å²) in [6.45, 7) is 0.417. The first-order valence-electron chi connectivity index (χ1n) is 7.02. The smallest absolute Gasteiger partial charge is 0.254 e. The van der Waals surface area contributed by atoms with Crippen molar-refractivity contribution in [2.75, 3.05) is 6.26 Å². The molecule has 0 aliphatic carbocycles. The lowest BCUT2D eigenvalue weighted by Crippen LogP contribution is -2.23. The van der Waals surface area contributed by atoms with Crippen molar-refractivity contribution < 1.29 is 9.21 Å². The van der Waals surface area contributed by atoms with Gasteiger partial charge in [-0.3, -0.25) is 9.78 Å². The third kappa shape index (κ3) is 3.60. The van der Waals surface area contributed by atoms with Crippen LogP contribution >= 0.6 is 11.8 Å². The summed E-state index contributed by atoms with van der Waals surface area (Å²) in [6.07, 6.45) is 8.60. The van der Waals surface area contributed by atoms with Gasteiger partial charge in [-0.1, -0.05) is 6.07 Å². The van der Waals surface area contributed by atoms with Crippen LogP contribution in [0.3, 0.4) is 0 Å². The quantitative estimate of drug-likeness (QED) is 0.728. The molecule has 0 fully saturated rings. The van der Waals surface area contributed by atoms with Crippen LogP contribution in [0.25, 0.3) is 11.3 Å². The number of carbonyl (C=O) groups is 1. The van der Waals surface area contributed by atoms with Crippen LogP contribution in [0.15, 0.2) is 64.7 Å². The van der Waals surface area contributed by atoms with Gasteiger partial charge in [-0.25, -0.2) is 4.98 Å². The lowest BCUT2D eigenvalue weighted by atomic mass is 10.2. The van der Waals surface area contributed by atoms with Gasteiger partial charge in [0.05, 0.1) is 23.8 Å². The minimum atomic E-state index is -0.138. The number of furan rings is 1. The number of aromatic nitrogens is 2. The number of carbonyl (C=O) groups excluding carboxylic acids is 1. The van der Waals surface area contributed by atoms with Gasteiger partial charge in [0, 0.05) is 24.5 Å². The van der Waals surface area contributed by atoms with Crippen LogP contribution in [-0.4, -0.2) is 22.1 Å². The fourth-order valence-electron chi connectivity index (χ4n) is 2.11. The number of hydrogen-bond donors (Lipinski definition) is 1. The van der Waals surface area contributed by atoms with E-state index in [-0.39, 0.29) is 5.91 Å². The Morgan fingerprint density at radius 2 is 2.17 bits per heavy atom. The van der Waals surface area contributed by atoms with Gasteiger partial charge in [0.25, 0.3) is 5.91 Å². The van der Waals surface area contributed by atoms with Crippen molar-refractivity contribution in [2.24, 2.45) is 0 Å². The van der Waals surface area contributed by atoms with Gasteiger partial charge in [0.15, 0.2) is 0 Å². The van der Waals surface area contributed by atoms with E-state index >= 15 is 0 Å². The van der Waals surface area contributed by atoms with Crippen molar-refractivity contribution in [3.63, 3.8) is 0 Å². The van der Waals surface area contributed by atoms with Gasteiger partial charge in [-0.15, -0.1) is 11.8 Å². The van der Waals surface area contributed by atoms with Crippen molar-refractivity contribution in [1.82, 2.24) is 15.3 Å². The highest BCUT2D eigenvalue weighted by molar-refractivity contribution is 7.98. The average Bonchev–Trinajstić information content (AvgIpc) is 3.14. The SMILES string of the molecule is CSc1ncccc1C(=O)NCc1ccc(-c2ccoc2)nc1. The van der Waals surface area contributed by atoms with Crippen molar-refractivity contribution in [1.29, 1.82) is 0 Å². The lowest BCUT2D eigenvalue weighted by Gasteiger charge is -2.08. The molecule has 6 heteroatoms. The third-order valence-corrected chi connectivity index (χ3v) is 4.02. The average molecular weight is 325 g/mol. The molecule has 3 heterocycles. The van der Waals surface area contributed by atoms with Crippen molar-refractivity contribution in [3.05, 3.63) is 66.4 Å². The molecular formula is C17H15N3O2S. The molecule has 3 aromatic heterocycles. The fraction of sp³-hybridized carbons (Fsp3) is 0.118. The van der Waals surface area contributed by atoms with Gasteiger partial charge < -0.3 is 9.73 Å². The second kappa shape index (κ2) is 7.11. The van der Waals surface area contributed by atoms with Gasteiger partial charge in [0.1, 0.15) is 5.03 Å². The second-order valence-electron chi connectivity index (χ2n) is 4.81. The molecule has 0 unspecified atom stereocenters. The number of amides is 1. The normalized spacial score (nSPS) is 10.5. The summed E-state index contributed by atoms with van der Waals surface area (Å²) >= 11 is 1.45. The number of hydrogen-bond acceptors (Lipinski definition) is 5. The van der Waals surface area contributed by atoms with Crippen LogP contribution < -0.4 is 5.32 Å². The van der Waals surface area contributed by atoms with Crippen LogP contribution in [0, 0.1) is 0 Å². The third-order valence-electron chi connectivity index (χ3n) is 3.30. The Kier molecular flexibility index (Phi) is 4.73. The molecule has 1 N–H and O–H groups in total. The Balaban J connectivity index is 1.65.